The third kappa shape index (κ3) is 8.60. The second-order valence-corrected chi connectivity index (χ2v) is 6.53. The van der Waals surface area contributed by atoms with Crippen molar-refractivity contribution < 1.29 is 4.39 Å². The SMILES string of the molecule is CCCCCCCCCC(N)CSc1cccc(F)c1. The van der Waals surface area contributed by atoms with Crippen molar-refractivity contribution >= 4 is 11.8 Å². The smallest absolute Gasteiger partial charge is 0.124 e. The van der Waals surface area contributed by atoms with E-state index in [1.165, 1.54) is 51.0 Å². The first-order valence-corrected chi connectivity index (χ1v) is 8.85. The molecule has 1 atom stereocenters. The lowest BCUT2D eigenvalue weighted by Crippen LogP contribution is -2.22. The van der Waals surface area contributed by atoms with Gasteiger partial charge in [-0.25, -0.2) is 4.39 Å². The molecule has 0 fully saturated rings. The van der Waals surface area contributed by atoms with Crippen LogP contribution in [0, 0.1) is 5.82 Å². The average molecular weight is 297 g/mol. The molecule has 0 bridgehead atoms. The Morgan fingerprint density at radius 1 is 1.10 bits per heavy atom. The van der Waals surface area contributed by atoms with E-state index in [-0.39, 0.29) is 11.9 Å². The first-order chi connectivity index (χ1) is 9.72. The molecule has 20 heavy (non-hydrogen) atoms. The van der Waals surface area contributed by atoms with Crippen LogP contribution in [0.1, 0.15) is 58.3 Å². The zero-order chi connectivity index (χ0) is 14.6. The molecule has 1 nitrogen and oxygen atoms in total. The molecule has 1 aromatic carbocycles. The molecule has 0 spiro atoms. The van der Waals surface area contributed by atoms with Gasteiger partial charge < -0.3 is 5.73 Å². The van der Waals surface area contributed by atoms with Gasteiger partial charge in [-0.1, -0.05) is 57.9 Å². The molecule has 114 valence electrons. The summed E-state index contributed by atoms with van der Waals surface area (Å²) in [5.74, 6) is 0.704. The minimum atomic E-state index is -0.171. The van der Waals surface area contributed by atoms with E-state index in [2.05, 4.69) is 6.92 Å². The normalized spacial score (nSPS) is 12.6. The Bertz CT molecular complexity index is 357. The molecule has 0 aliphatic carbocycles. The van der Waals surface area contributed by atoms with Crippen molar-refractivity contribution in [3.8, 4) is 0 Å². The Morgan fingerprint density at radius 3 is 2.50 bits per heavy atom. The maximum Gasteiger partial charge on any atom is 0.124 e. The number of halogens is 1. The monoisotopic (exact) mass is 297 g/mol. The van der Waals surface area contributed by atoms with Crippen LogP contribution in [0.3, 0.4) is 0 Å². The molecule has 3 heteroatoms. The molecular formula is C17H28FNS. The van der Waals surface area contributed by atoms with Crippen LogP contribution in [0.25, 0.3) is 0 Å². The van der Waals surface area contributed by atoms with Crippen molar-refractivity contribution in [3.05, 3.63) is 30.1 Å². The quantitative estimate of drug-likeness (QED) is 0.438. The third-order valence-corrected chi connectivity index (χ3v) is 4.62. The topological polar surface area (TPSA) is 26.0 Å². The Balaban J connectivity index is 2.01. The number of unbranched alkanes of at least 4 members (excludes halogenated alkanes) is 6. The summed E-state index contributed by atoms with van der Waals surface area (Å²) in [6.07, 6.45) is 10.3. The molecule has 0 amide bonds. The van der Waals surface area contributed by atoms with Gasteiger partial charge in [0.05, 0.1) is 0 Å². The molecule has 0 aliphatic rings. The predicted molar refractivity (Wildman–Crippen MR) is 87.7 cm³/mol. The maximum atomic E-state index is 13.0. The summed E-state index contributed by atoms with van der Waals surface area (Å²) < 4.78 is 13.0. The van der Waals surface area contributed by atoms with E-state index >= 15 is 0 Å². The highest BCUT2D eigenvalue weighted by molar-refractivity contribution is 7.99. The number of rotatable bonds is 11. The zero-order valence-electron chi connectivity index (χ0n) is 12.6. The van der Waals surface area contributed by atoms with E-state index in [4.69, 9.17) is 5.73 Å². The number of hydrogen-bond donors (Lipinski definition) is 1. The van der Waals surface area contributed by atoms with Crippen LogP contribution in [0.15, 0.2) is 29.2 Å². The number of nitrogens with two attached hydrogens (primary N) is 1. The Morgan fingerprint density at radius 2 is 1.80 bits per heavy atom. The van der Waals surface area contributed by atoms with Gasteiger partial charge in [-0.05, 0) is 24.6 Å². The van der Waals surface area contributed by atoms with E-state index in [0.29, 0.717) is 0 Å². The largest absolute Gasteiger partial charge is 0.327 e. The van der Waals surface area contributed by atoms with Crippen molar-refractivity contribution in [2.24, 2.45) is 5.73 Å². The van der Waals surface area contributed by atoms with Crippen molar-refractivity contribution in [1.82, 2.24) is 0 Å². The van der Waals surface area contributed by atoms with Gasteiger partial charge in [-0.2, -0.15) is 0 Å². The van der Waals surface area contributed by atoms with Crippen molar-refractivity contribution in [3.63, 3.8) is 0 Å². The fraction of sp³-hybridized carbons (Fsp3) is 0.647. The van der Waals surface area contributed by atoms with Gasteiger partial charge in [0.25, 0.3) is 0 Å². The predicted octanol–water partition coefficient (Wildman–Crippen LogP) is 5.39. The van der Waals surface area contributed by atoms with Gasteiger partial charge >= 0.3 is 0 Å². The molecule has 0 heterocycles. The van der Waals surface area contributed by atoms with Gasteiger partial charge in [0, 0.05) is 16.7 Å². The standard InChI is InChI=1S/C17H28FNS/c1-2-3-4-5-6-7-8-11-16(19)14-20-17-12-9-10-15(18)13-17/h9-10,12-13,16H,2-8,11,14,19H2,1H3. The molecule has 2 N–H and O–H groups in total. The molecule has 1 aromatic rings. The summed E-state index contributed by atoms with van der Waals surface area (Å²) in [6, 6.07) is 6.96. The van der Waals surface area contributed by atoms with Crippen molar-refractivity contribution in [1.29, 1.82) is 0 Å². The van der Waals surface area contributed by atoms with Gasteiger partial charge in [0.15, 0.2) is 0 Å². The van der Waals surface area contributed by atoms with E-state index < -0.39 is 0 Å². The molecular weight excluding hydrogens is 269 g/mol. The minimum Gasteiger partial charge on any atom is -0.327 e. The fourth-order valence-corrected chi connectivity index (χ4v) is 3.15. The fourth-order valence-electron chi connectivity index (χ4n) is 2.21. The lowest BCUT2D eigenvalue weighted by molar-refractivity contribution is 0.549. The second-order valence-electron chi connectivity index (χ2n) is 5.44. The van der Waals surface area contributed by atoms with Crippen LogP contribution >= 0.6 is 11.8 Å². The van der Waals surface area contributed by atoms with Crippen LogP contribution in [0.5, 0.6) is 0 Å². The second kappa shape index (κ2) is 11.2. The Hall–Kier alpha value is -0.540. The summed E-state index contributed by atoms with van der Waals surface area (Å²) in [5, 5.41) is 0. The summed E-state index contributed by atoms with van der Waals surface area (Å²) in [4.78, 5) is 0.972. The highest BCUT2D eigenvalue weighted by Gasteiger charge is 2.04. The lowest BCUT2D eigenvalue weighted by Gasteiger charge is -2.11. The van der Waals surface area contributed by atoms with Gasteiger partial charge in [0.2, 0.25) is 0 Å². The van der Waals surface area contributed by atoms with Gasteiger partial charge in [-0.3, -0.25) is 0 Å². The van der Waals surface area contributed by atoms with Gasteiger partial charge in [-0.15, -0.1) is 11.8 Å². The molecule has 0 aliphatic heterocycles. The zero-order valence-corrected chi connectivity index (χ0v) is 13.4. The first-order valence-electron chi connectivity index (χ1n) is 7.86. The van der Waals surface area contributed by atoms with Crippen molar-refractivity contribution in [2.75, 3.05) is 5.75 Å². The summed E-state index contributed by atoms with van der Waals surface area (Å²) in [7, 11) is 0. The molecule has 1 rings (SSSR count). The van der Waals surface area contributed by atoms with E-state index in [0.717, 1.165) is 17.1 Å². The van der Waals surface area contributed by atoms with Crippen LogP contribution in [0.4, 0.5) is 4.39 Å². The number of hydrogen-bond acceptors (Lipinski definition) is 2. The maximum absolute atomic E-state index is 13.0. The van der Waals surface area contributed by atoms with Crippen LogP contribution in [-0.4, -0.2) is 11.8 Å². The lowest BCUT2D eigenvalue weighted by atomic mass is 10.1. The van der Waals surface area contributed by atoms with Crippen LogP contribution in [0.2, 0.25) is 0 Å². The van der Waals surface area contributed by atoms with Gasteiger partial charge in [0.1, 0.15) is 5.82 Å². The van der Waals surface area contributed by atoms with Crippen LogP contribution < -0.4 is 5.73 Å². The number of benzene rings is 1. The molecule has 0 aromatic heterocycles. The summed E-state index contributed by atoms with van der Waals surface area (Å²) in [6.45, 7) is 2.25. The average Bonchev–Trinajstić information content (AvgIpc) is 2.44. The number of thioether (sulfide) groups is 1. The molecule has 0 radical (unpaired) electrons. The minimum absolute atomic E-state index is 0.171. The highest BCUT2D eigenvalue weighted by Crippen LogP contribution is 2.20. The Labute approximate surface area is 127 Å². The first kappa shape index (κ1) is 17.5. The highest BCUT2D eigenvalue weighted by atomic mass is 32.2. The Kier molecular flexibility index (Phi) is 9.77. The van der Waals surface area contributed by atoms with Crippen LogP contribution in [-0.2, 0) is 0 Å². The molecule has 1 unspecified atom stereocenters. The molecule has 0 saturated carbocycles. The van der Waals surface area contributed by atoms with E-state index in [1.807, 2.05) is 6.07 Å². The van der Waals surface area contributed by atoms with E-state index in [1.54, 1.807) is 23.9 Å². The van der Waals surface area contributed by atoms with E-state index in [9.17, 15) is 4.39 Å². The molecule has 0 saturated heterocycles. The third-order valence-electron chi connectivity index (χ3n) is 3.44. The summed E-state index contributed by atoms with van der Waals surface area (Å²) in [5.41, 5.74) is 6.11. The van der Waals surface area contributed by atoms with Crippen molar-refractivity contribution in [2.45, 2.75) is 69.2 Å². The summed E-state index contributed by atoms with van der Waals surface area (Å²) >= 11 is 1.65.